The molecular formula is C11H9FN2O2S. The fourth-order valence-corrected chi connectivity index (χ4v) is 2.00. The largest absolute Gasteiger partial charge is 0.458 e. The number of carbonyl (C=O) groups excluding carboxylic acids is 1. The third-order valence-electron chi connectivity index (χ3n) is 1.97. The molecule has 88 valence electrons. The zero-order chi connectivity index (χ0) is 12.3. The van der Waals surface area contributed by atoms with Crippen molar-refractivity contribution in [2.75, 3.05) is 0 Å². The van der Waals surface area contributed by atoms with Gasteiger partial charge in [-0.05, 0) is 12.1 Å². The summed E-state index contributed by atoms with van der Waals surface area (Å²) in [6, 6.07) is 6.33. The van der Waals surface area contributed by atoms with Crippen LogP contribution in [0, 0.1) is 5.82 Å². The highest BCUT2D eigenvalue weighted by molar-refractivity contribution is 7.14. The zero-order valence-electron chi connectivity index (χ0n) is 9.01. The van der Waals surface area contributed by atoms with E-state index in [1.807, 2.05) is 0 Å². The zero-order valence-corrected chi connectivity index (χ0v) is 9.83. The first-order valence-corrected chi connectivity index (χ1v) is 5.69. The molecule has 1 aromatic heterocycles. The van der Waals surface area contributed by atoms with Crippen LogP contribution in [0.1, 0.15) is 11.9 Å². The molecular weight excluding hydrogens is 243 g/mol. The van der Waals surface area contributed by atoms with Crippen molar-refractivity contribution in [3.63, 3.8) is 0 Å². The SMILES string of the molecule is CC(=O)OCc1nnc(-c2ccccc2F)s1. The van der Waals surface area contributed by atoms with Crippen LogP contribution >= 0.6 is 11.3 Å². The second kappa shape index (κ2) is 5.01. The molecule has 6 heteroatoms. The smallest absolute Gasteiger partial charge is 0.303 e. The summed E-state index contributed by atoms with van der Waals surface area (Å²) in [5, 5.41) is 8.71. The van der Waals surface area contributed by atoms with Crippen molar-refractivity contribution >= 4 is 17.3 Å². The van der Waals surface area contributed by atoms with E-state index in [1.165, 1.54) is 24.3 Å². The Balaban J connectivity index is 2.18. The molecule has 0 bridgehead atoms. The number of hydrogen-bond donors (Lipinski definition) is 0. The predicted molar refractivity (Wildman–Crippen MR) is 60.8 cm³/mol. The van der Waals surface area contributed by atoms with Crippen molar-refractivity contribution in [1.82, 2.24) is 10.2 Å². The van der Waals surface area contributed by atoms with Gasteiger partial charge in [-0.2, -0.15) is 0 Å². The molecule has 0 saturated heterocycles. The van der Waals surface area contributed by atoms with Crippen molar-refractivity contribution < 1.29 is 13.9 Å². The van der Waals surface area contributed by atoms with Gasteiger partial charge in [0.2, 0.25) is 0 Å². The van der Waals surface area contributed by atoms with E-state index in [2.05, 4.69) is 10.2 Å². The summed E-state index contributed by atoms with van der Waals surface area (Å²) >= 11 is 1.20. The van der Waals surface area contributed by atoms with Crippen molar-refractivity contribution in [2.24, 2.45) is 0 Å². The second-order valence-corrected chi connectivity index (χ2v) is 4.32. The van der Waals surface area contributed by atoms with Gasteiger partial charge in [-0.1, -0.05) is 23.5 Å². The molecule has 0 aliphatic rings. The quantitative estimate of drug-likeness (QED) is 0.787. The lowest BCUT2D eigenvalue weighted by Crippen LogP contribution is -1.97. The van der Waals surface area contributed by atoms with Crippen LogP contribution in [0.2, 0.25) is 0 Å². The first-order valence-electron chi connectivity index (χ1n) is 4.87. The Hall–Kier alpha value is -1.82. The van der Waals surface area contributed by atoms with Crippen LogP contribution < -0.4 is 0 Å². The Morgan fingerprint density at radius 1 is 1.41 bits per heavy atom. The average molecular weight is 252 g/mol. The van der Waals surface area contributed by atoms with E-state index in [4.69, 9.17) is 4.74 Å². The number of benzene rings is 1. The molecule has 4 nitrogen and oxygen atoms in total. The standard InChI is InChI=1S/C11H9FN2O2S/c1-7(15)16-6-10-13-14-11(17-10)8-4-2-3-5-9(8)12/h2-5H,6H2,1H3. The van der Waals surface area contributed by atoms with Gasteiger partial charge in [0.15, 0.2) is 10.0 Å². The maximum atomic E-state index is 13.5. The molecule has 1 aromatic carbocycles. The number of hydrogen-bond acceptors (Lipinski definition) is 5. The minimum Gasteiger partial charge on any atom is -0.458 e. The van der Waals surface area contributed by atoms with Gasteiger partial charge in [0, 0.05) is 12.5 Å². The van der Waals surface area contributed by atoms with Crippen LogP contribution in [0.4, 0.5) is 4.39 Å². The summed E-state index contributed by atoms with van der Waals surface area (Å²) in [6.07, 6.45) is 0. The lowest BCUT2D eigenvalue weighted by molar-refractivity contribution is -0.142. The topological polar surface area (TPSA) is 52.1 Å². The summed E-state index contributed by atoms with van der Waals surface area (Å²) in [5.41, 5.74) is 0.402. The Bertz CT molecular complexity index is 542. The Labute approximate surface area is 101 Å². The predicted octanol–water partition coefficient (Wildman–Crippen LogP) is 2.41. The third-order valence-corrected chi connectivity index (χ3v) is 2.90. The highest BCUT2D eigenvalue weighted by Crippen LogP contribution is 2.25. The number of nitrogens with zero attached hydrogens (tertiary/aromatic N) is 2. The fraction of sp³-hybridized carbons (Fsp3) is 0.182. The lowest BCUT2D eigenvalue weighted by atomic mass is 10.2. The fourth-order valence-electron chi connectivity index (χ4n) is 1.22. The van der Waals surface area contributed by atoms with Crippen molar-refractivity contribution in [3.05, 3.63) is 35.1 Å². The molecule has 0 radical (unpaired) electrons. The van der Waals surface area contributed by atoms with Crippen LogP contribution in [0.3, 0.4) is 0 Å². The molecule has 0 N–H and O–H groups in total. The second-order valence-electron chi connectivity index (χ2n) is 3.26. The average Bonchev–Trinajstić information content (AvgIpc) is 2.75. The van der Waals surface area contributed by atoms with E-state index < -0.39 is 0 Å². The summed E-state index contributed by atoms with van der Waals surface area (Å²) in [7, 11) is 0. The van der Waals surface area contributed by atoms with Gasteiger partial charge in [-0.3, -0.25) is 4.79 Å². The molecule has 0 unspecified atom stereocenters. The molecule has 17 heavy (non-hydrogen) atoms. The molecule has 0 aliphatic carbocycles. The molecule has 2 rings (SSSR count). The van der Waals surface area contributed by atoms with Gasteiger partial charge in [-0.25, -0.2) is 4.39 Å². The van der Waals surface area contributed by atoms with Crippen LogP contribution in [0.15, 0.2) is 24.3 Å². The van der Waals surface area contributed by atoms with Crippen LogP contribution in [0.25, 0.3) is 10.6 Å². The minimum absolute atomic E-state index is 0.0709. The highest BCUT2D eigenvalue weighted by Gasteiger charge is 2.11. The van der Waals surface area contributed by atoms with Crippen molar-refractivity contribution in [1.29, 1.82) is 0 Å². The maximum absolute atomic E-state index is 13.5. The summed E-state index contributed by atoms with van der Waals surface area (Å²) < 4.78 is 18.2. The number of halogens is 1. The van der Waals surface area contributed by atoms with Gasteiger partial charge in [0.1, 0.15) is 12.4 Å². The van der Waals surface area contributed by atoms with Crippen molar-refractivity contribution in [2.45, 2.75) is 13.5 Å². The summed E-state index contributed by atoms with van der Waals surface area (Å²) in [5.74, 6) is -0.727. The minimum atomic E-state index is -0.382. The van der Waals surface area contributed by atoms with Crippen LogP contribution in [-0.4, -0.2) is 16.2 Å². The number of ether oxygens (including phenoxy) is 1. The van der Waals surface area contributed by atoms with Gasteiger partial charge < -0.3 is 4.74 Å². The lowest BCUT2D eigenvalue weighted by Gasteiger charge is -1.96. The van der Waals surface area contributed by atoms with E-state index in [1.54, 1.807) is 18.2 Å². The summed E-state index contributed by atoms with van der Waals surface area (Å²) in [6.45, 7) is 1.39. The number of carbonyl (C=O) groups is 1. The van der Waals surface area contributed by atoms with Gasteiger partial charge >= 0.3 is 5.97 Å². The number of rotatable bonds is 3. The molecule has 1 heterocycles. The molecule has 0 saturated carbocycles. The Kier molecular flexibility index (Phi) is 3.43. The molecule has 2 aromatic rings. The number of aromatic nitrogens is 2. The molecule has 0 fully saturated rings. The Morgan fingerprint density at radius 2 is 2.18 bits per heavy atom. The van der Waals surface area contributed by atoms with E-state index >= 15 is 0 Å². The first kappa shape index (κ1) is 11.7. The summed E-state index contributed by atoms with van der Waals surface area (Å²) in [4.78, 5) is 10.6. The molecule has 0 atom stereocenters. The normalized spacial score (nSPS) is 10.2. The van der Waals surface area contributed by atoms with Crippen molar-refractivity contribution in [3.8, 4) is 10.6 Å². The third kappa shape index (κ3) is 2.85. The maximum Gasteiger partial charge on any atom is 0.303 e. The van der Waals surface area contributed by atoms with Crippen LogP contribution in [0.5, 0.6) is 0 Å². The Morgan fingerprint density at radius 3 is 2.88 bits per heavy atom. The van der Waals surface area contributed by atoms with Gasteiger partial charge in [0.05, 0.1) is 0 Å². The van der Waals surface area contributed by atoms with Crippen LogP contribution in [-0.2, 0) is 16.1 Å². The van der Waals surface area contributed by atoms with E-state index in [0.29, 0.717) is 15.6 Å². The molecule has 0 spiro atoms. The van der Waals surface area contributed by atoms with E-state index in [-0.39, 0.29) is 18.4 Å². The van der Waals surface area contributed by atoms with Gasteiger partial charge in [-0.15, -0.1) is 10.2 Å². The van der Waals surface area contributed by atoms with E-state index in [9.17, 15) is 9.18 Å². The number of esters is 1. The van der Waals surface area contributed by atoms with Gasteiger partial charge in [0.25, 0.3) is 0 Å². The molecule has 0 aliphatic heterocycles. The monoisotopic (exact) mass is 252 g/mol. The van der Waals surface area contributed by atoms with E-state index in [0.717, 1.165) is 0 Å². The first-order chi connectivity index (χ1) is 8.16. The highest BCUT2D eigenvalue weighted by atomic mass is 32.1. The molecule has 0 amide bonds.